The van der Waals surface area contributed by atoms with E-state index in [1.807, 2.05) is 55.4 Å². The van der Waals surface area contributed by atoms with Gasteiger partial charge in [-0.1, -0.05) is 55.4 Å². The van der Waals surface area contributed by atoms with Crippen molar-refractivity contribution in [2.75, 3.05) is 0 Å². The zero-order valence-electron chi connectivity index (χ0n) is 17.8. The topological polar surface area (TPSA) is 161 Å². The van der Waals surface area contributed by atoms with E-state index in [1.54, 1.807) is 0 Å². The van der Waals surface area contributed by atoms with Gasteiger partial charge in [0, 0.05) is 23.9 Å². The first kappa shape index (κ1) is 56.5. The Balaban J connectivity index is -0.0000000170. The van der Waals surface area contributed by atoms with Crippen LogP contribution in [0.2, 0.25) is 0 Å². The number of hydrogen-bond donors (Lipinski definition) is 0. The van der Waals surface area contributed by atoms with Gasteiger partial charge in [0.25, 0.3) is 0 Å². The second-order valence-corrected chi connectivity index (χ2v) is 1.97. The maximum atomic E-state index is 8.89. The van der Waals surface area contributed by atoms with E-state index in [9.17, 15) is 0 Å². The van der Waals surface area contributed by atoms with Gasteiger partial charge in [0.05, 0.1) is 0 Å². The molecule has 0 aliphatic carbocycles. The molecule has 0 heterocycles. The maximum absolute atomic E-state index is 8.89. The van der Waals surface area contributed by atoms with Crippen LogP contribution in [0.25, 0.3) is 0 Å². The molecule has 152 valence electrons. The van der Waals surface area contributed by atoms with Crippen LogP contribution in [0.4, 0.5) is 0 Å². The Labute approximate surface area is 172 Å². The van der Waals surface area contributed by atoms with Gasteiger partial charge in [0.2, 0.25) is 0 Å². The predicted molar refractivity (Wildman–Crippen MR) is 88.1 cm³/mol. The third kappa shape index (κ3) is 6410. The fourth-order valence-corrected chi connectivity index (χ4v) is 0. The minimum absolute atomic E-state index is 0. The number of carboxylic acid groups (broad SMARTS) is 4. The van der Waals surface area contributed by atoms with Crippen LogP contribution in [0, 0.1) is 0 Å². The molecule has 0 atom stereocenters. The first-order valence-electron chi connectivity index (χ1n) is 7.63. The zero-order valence-corrected chi connectivity index (χ0v) is 20.2. The molecule has 0 rings (SSSR count). The summed E-state index contributed by atoms with van der Waals surface area (Å²) >= 11 is 0. The summed E-state index contributed by atoms with van der Waals surface area (Å²) in [5.74, 6) is -4.33. The molecule has 0 aromatic heterocycles. The van der Waals surface area contributed by atoms with Crippen LogP contribution in [-0.2, 0) is 45.4 Å². The Hall–Kier alpha value is -1.24. The van der Waals surface area contributed by atoms with Gasteiger partial charge in [0.1, 0.15) is 0 Å². The molecule has 0 amide bonds. The van der Waals surface area contributed by atoms with Crippen LogP contribution < -0.4 is 20.4 Å². The monoisotopic (exact) mass is 446 g/mol. The first-order chi connectivity index (χ1) is 10.9. The summed E-state index contributed by atoms with van der Waals surface area (Å²) in [6.07, 6.45) is 0. The molecule has 0 aromatic rings. The second-order valence-electron chi connectivity index (χ2n) is 1.97. The number of carbonyl (C=O) groups is 4. The van der Waals surface area contributed by atoms with Crippen molar-refractivity contribution in [2.45, 2.75) is 83.1 Å². The van der Waals surface area contributed by atoms with Gasteiger partial charge in [-0.05, 0) is 27.7 Å². The quantitative estimate of drug-likeness (QED) is 0.463. The van der Waals surface area contributed by atoms with Crippen LogP contribution in [0.1, 0.15) is 83.1 Å². The molecule has 8 nitrogen and oxygen atoms in total. The molecule has 0 aliphatic rings. The minimum atomic E-state index is -1.08. The van der Waals surface area contributed by atoms with E-state index < -0.39 is 23.9 Å². The van der Waals surface area contributed by atoms with Crippen LogP contribution in [-0.4, -0.2) is 23.9 Å². The van der Waals surface area contributed by atoms with Gasteiger partial charge in [-0.15, -0.1) is 0 Å². The van der Waals surface area contributed by atoms with Crippen molar-refractivity contribution in [3.63, 3.8) is 0 Å². The van der Waals surface area contributed by atoms with Gasteiger partial charge in [0.15, 0.2) is 0 Å². The fraction of sp³-hybridized carbons (Fsp3) is 0.750. The molecule has 25 heavy (non-hydrogen) atoms. The van der Waals surface area contributed by atoms with Gasteiger partial charge < -0.3 is 39.6 Å². The standard InChI is InChI=1S/4C2H4O2.4C2H6.Zr/c4*1-2(3)4;4*1-2;/h4*1H3,(H,3,4);4*1-2H3;/q;;;;;;;;+4/p-4. The van der Waals surface area contributed by atoms with Crippen molar-refractivity contribution < 1.29 is 65.8 Å². The van der Waals surface area contributed by atoms with E-state index >= 15 is 0 Å². The summed E-state index contributed by atoms with van der Waals surface area (Å²) in [5.41, 5.74) is 0. The predicted octanol–water partition coefficient (Wildman–Crippen LogP) is -0.873. The van der Waals surface area contributed by atoms with Crippen LogP contribution in [0.3, 0.4) is 0 Å². The molecule has 0 radical (unpaired) electrons. The maximum Gasteiger partial charge on any atom is 4.00 e. The molecular formula is C16H36O8Zr. The number of carbonyl (C=O) groups excluding carboxylic acids is 4. The van der Waals surface area contributed by atoms with E-state index in [1.165, 1.54) is 0 Å². The first-order valence-corrected chi connectivity index (χ1v) is 7.63. The Bertz CT molecular complexity index is 168. The van der Waals surface area contributed by atoms with Crippen molar-refractivity contribution in [3.05, 3.63) is 0 Å². The average Bonchev–Trinajstić information content (AvgIpc) is 2.44. The molecule has 0 fully saturated rings. The van der Waals surface area contributed by atoms with Crippen LogP contribution in [0.15, 0.2) is 0 Å². The van der Waals surface area contributed by atoms with Crippen molar-refractivity contribution in [1.29, 1.82) is 0 Å². The SMILES string of the molecule is CC.CC.CC.CC.CC(=O)[O-].CC(=O)[O-].CC(=O)[O-].CC(=O)[O-].[Zr+4]. The molecular weight excluding hydrogens is 411 g/mol. The molecule has 0 bridgehead atoms. The summed E-state index contributed by atoms with van der Waals surface area (Å²) in [4.78, 5) is 35.6. The Morgan fingerprint density at radius 3 is 0.400 bits per heavy atom. The van der Waals surface area contributed by atoms with Crippen molar-refractivity contribution in [2.24, 2.45) is 0 Å². The van der Waals surface area contributed by atoms with Gasteiger partial charge >= 0.3 is 26.2 Å². The zero-order chi connectivity index (χ0) is 22.3. The third-order valence-corrected chi connectivity index (χ3v) is 0. The van der Waals surface area contributed by atoms with E-state index in [4.69, 9.17) is 39.6 Å². The van der Waals surface area contributed by atoms with Crippen molar-refractivity contribution in [1.82, 2.24) is 0 Å². The minimum Gasteiger partial charge on any atom is -0.550 e. The molecule has 0 saturated heterocycles. The largest absolute Gasteiger partial charge is 4.00 e. The summed E-state index contributed by atoms with van der Waals surface area (Å²) in [6, 6.07) is 0. The Kier molecular flexibility index (Phi) is 210. The molecule has 0 spiro atoms. The van der Waals surface area contributed by atoms with Gasteiger partial charge in [-0.3, -0.25) is 0 Å². The molecule has 0 saturated carbocycles. The summed E-state index contributed by atoms with van der Waals surface area (Å²) < 4.78 is 0. The van der Waals surface area contributed by atoms with Crippen molar-refractivity contribution in [3.8, 4) is 0 Å². The number of rotatable bonds is 0. The Morgan fingerprint density at radius 1 is 0.400 bits per heavy atom. The third-order valence-electron chi connectivity index (χ3n) is 0. The number of aliphatic carboxylic acids is 4. The number of hydrogen-bond acceptors (Lipinski definition) is 8. The normalized spacial score (nSPS) is 4.96. The van der Waals surface area contributed by atoms with E-state index in [2.05, 4.69) is 0 Å². The van der Waals surface area contributed by atoms with E-state index in [0.717, 1.165) is 27.7 Å². The van der Waals surface area contributed by atoms with Crippen LogP contribution in [0.5, 0.6) is 0 Å². The number of carboxylic acids is 4. The summed E-state index contributed by atoms with van der Waals surface area (Å²) in [7, 11) is 0. The van der Waals surface area contributed by atoms with Gasteiger partial charge in [-0.2, -0.15) is 0 Å². The second kappa shape index (κ2) is 93.1. The van der Waals surface area contributed by atoms with Crippen molar-refractivity contribution >= 4 is 23.9 Å². The summed E-state index contributed by atoms with van der Waals surface area (Å²) in [5, 5.41) is 35.6. The van der Waals surface area contributed by atoms with E-state index in [0.29, 0.717) is 0 Å². The molecule has 0 aliphatic heterocycles. The smallest absolute Gasteiger partial charge is 0.550 e. The van der Waals surface area contributed by atoms with Gasteiger partial charge in [-0.25, -0.2) is 0 Å². The average molecular weight is 448 g/mol. The molecule has 0 unspecified atom stereocenters. The fourth-order valence-electron chi connectivity index (χ4n) is 0. The molecule has 0 aromatic carbocycles. The van der Waals surface area contributed by atoms with E-state index in [-0.39, 0.29) is 26.2 Å². The molecule has 9 heteroatoms. The molecule has 0 N–H and O–H groups in total. The van der Waals surface area contributed by atoms with Crippen LogP contribution >= 0.6 is 0 Å². The Morgan fingerprint density at radius 2 is 0.400 bits per heavy atom. The summed E-state index contributed by atoms with van der Waals surface area (Å²) in [6.45, 7) is 19.9.